The number of hydrogen-bond donors (Lipinski definition) is 0. The van der Waals surface area contributed by atoms with Gasteiger partial charge in [-0.3, -0.25) is 9.69 Å². The highest BCUT2D eigenvalue weighted by atomic mass is 16.6. The van der Waals surface area contributed by atoms with Gasteiger partial charge in [-0.2, -0.15) is 0 Å². The van der Waals surface area contributed by atoms with Gasteiger partial charge in [0.25, 0.3) is 0 Å². The van der Waals surface area contributed by atoms with Gasteiger partial charge in [0.1, 0.15) is 12.2 Å². The third-order valence-electron chi connectivity index (χ3n) is 8.56. The lowest BCUT2D eigenvalue weighted by atomic mass is 9.86. The molecule has 0 radical (unpaired) electrons. The van der Waals surface area contributed by atoms with E-state index < -0.39 is 5.60 Å². The Balaban J connectivity index is 0.948. The van der Waals surface area contributed by atoms with Crippen LogP contribution < -0.4 is 0 Å². The van der Waals surface area contributed by atoms with Crippen molar-refractivity contribution >= 4 is 12.1 Å². The minimum absolute atomic E-state index is 0.0362. The smallest absolute Gasteiger partial charge is 0.410 e. The van der Waals surface area contributed by atoms with Gasteiger partial charge in [0.05, 0.1) is 38.4 Å². The number of piperidine rings is 1. The number of benzene rings is 1. The highest BCUT2D eigenvalue weighted by molar-refractivity contribution is 5.73. The summed E-state index contributed by atoms with van der Waals surface area (Å²) in [5.41, 5.74) is 0.592. The van der Waals surface area contributed by atoms with Crippen molar-refractivity contribution in [1.29, 1.82) is 0 Å². The number of esters is 1. The minimum Gasteiger partial charge on any atom is -0.460 e. The summed E-state index contributed by atoms with van der Waals surface area (Å²) in [4.78, 5) is 29.2. The molecule has 8 nitrogen and oxygen atoms in total. The molecule has 8 heteroatoms. The van der Waals surface area contributed by atoms with Crippen molar-refractivity contribution in [2.45, 2.75) is 76.9 Å². The van der Waals surface area contributed by atoms with Crippen molar-refractivity contribution in [2.24, 2.45) is 5.92 Å². The van der Waals surface area contributed by atoms with E-state index >= 15 is 0 Å². The molecule has 5 rings (SSSR count). The Morgan fingerprint density at radius 1 is 0.946 bits per heavy atom. The molecule has 3 aliphatic heterocycles. The molecule has 1 spiro atoms. The van der Waals surface area contributed by atoms with Gasteiger partial charge >= 0.3 is 12.1 Å². The van der Waals surface area contributed by atoms with Crippen LogP contribution in [0.2, 0.25) is 0 Å². The predicted molar refractivity (Wildman–Crippen MR) is 140 cm³/mol. The number of piperazine rings is 1. The van der Waals surface area contributed by atoms with Crippen molar-refractivity contribution in [2.75, 3.05) is 52.4 Å². The molecule has 0 atom stereocenters. The minimum atomic E-state index is -0.451. The number of rotatable bonds is 6. The normalized spacial score (nSPS) is 26.8. The highest BCUT2D eigenvalue weighted by Gasteiger charge is 2.51. The van der Waals surface area contributed by atoms with Gasteiger partial charge in [-0.25, -0.2) is 4.79 Å². The number of quaternary nitrogens is 1. The molecule has 0 aromatic heterocycles. The van der Waals surface area contributed by atoms with Gasteiger partial charge < -0.3 is 23.6 Å². The number of nitrogens with zero attached hydrogens (tertiary/aromatic N) is 3. The van der Waals surface area contributed by atoms with E-state index in [0.29, 0.717) is 31.8 Å². The molecule has 204 valence electrons. The first-order valence-corrected chi connectivity index (χ1v) is 14.1. The SMILES string of the molecule is CC(C)(C)OC(=O)N1CCC(OC2CC(N3CC[N+]4(CC3)CC(C(=O)OCc3ccccc3)C4)C2)CC1. The summed E-state index contributed by atoms with van der Waals surface area (Å²) in [6.07, 6.45) is 4.39. The fourth-order valence-corrected chi connectivity index (χ4v) is 6.23. The molecule has 1 aliphatic carbocycles. The summed E-state index contributed by atoms with van der Waals surface area (Å²) >= 11 is 0. The summed E-state index contributed by atoms with van der Waals surface area (Å²) in [5, 5.41) is 0. The van der Waals surface area contributed by atoms with Crippen LogP contribution in [0.3, 0.4) is 0 Å². The Labute approximate surface area is 221 Å². The quantitative estimate of drug-likeness (QED) is 0.428. The summed E-state index contributed by atoms with van der Waals surface area (Å²) in [5.74, 6) is 0.0180. The third-order valence-corrected chi connectivity index (χ3v) is 8.56. The summed E-state index contributed by atoms with van der Waals surface area (Å²) in [7, 11) is 0. The van der Waals surface area contributed by atoms with E-state index in [2.05, 4.69) is 4.90 Å². The third kappa shape index (κ3) is 6.65. The summed E-state index contributed by atoms with van der Waals surface area (Å²) < 4.78 is 18.5. The van der Waals surface area contributed by atoms with Crippen LogP contribution in [0.5, 0.6) is 0 Å². The molecule has 37 heavy (non-hydrogen) atoms. The predicted octanol–water partition coefficient (Wildman–Crippen LogP) is 3.44. The molecule has 4 aliphatic rings. The van der Waals surface area contributed by atoms with Gasteiger partial charge in [0, 0.05) is 32.2 Å². The first-order valence-electron chi connectivity index (χ1n) is 14.1. The Morgan fingerprint density at radius 2 is 1.59 bits per heavy atom. The molecular formula is C29H44N3O5+. The van der Waals surface area contributed by atoms with Crippen molar-refractivity contribution < 1.29 is 28.3 Å². The monoisotopic (exact) mass is 514 g/mol. The lowest BCUT2D eigenvalue weighted by Gasteiger charge is -2.55. The van der Waals surface area contributed by atoms with Crippen LogP contribution in [0, 0.1) is 5.92 Å². The first-order chi connectivity index (χ1) is 17.7. The standard InChI is InChI=1S/C29H44N3O5/c1-29(2,3)37-28(34)31-11-9-25(10-12-31)36-26-17-24(18-26)30-13-15-32(16-14-30)19-23(20-32)27(33)35-21-22-7-5-4-6-8-22/h4-8,23-26H,9-21H2,1-3H3/q+1. The lowest BCUT2D eigenvalue weighted by Crippen LogP contribution is -2.72. The number of hydrogen-bond acceptors (Lipinski definition) is 6. The maximum Gasteiger partial charge on any atom is 0.410 e. The number of amides is 1. The average Bonchev–Trinajstić information content (AvgIpc) is 2.83. The molecule has 4 fully saturated rings. The maximum absolute atomic E-state index is 12.5. The average molecular weight is 515 g/mol. The van der Waals surface area contributed by atoms with E-state index in [1.165, 1.54) is 0 Å². The van der Waals surface area contributed by atoms with Crippen molar-refractivity contribution in [3.63, 3.8) is 0 Å². The summed E-state index contributed by atoms with van der Waals surface area (Å²) in [6, 6.07) is 10.5. The van der Waals surface area contributed by atoms with E-state index in [-0.39, 0.29) is 24.1 Å². The van der Waals surface area contributed by atoms with Gasteiger partial charge in [0.15, 0.2) is 5.92 Å². The molecular weight excluding hydrogens is 470 g/mol. The molecule has 3 saturated heterocycles. The first kappa shape index (κ1) is 26.4. The van der Waals surface area contributed by atoms with Crippen LogP contribution >= 0.6 is 0 Å². The zero-order valence-electron chi connectivity index (χ0n) is 22.8. The largest absolute Gasteiger partial charge is 0.460 e. The maximum atomic E-state index is 12.5. The molecule has 1 aromatic rings. The second-order valence-corrected chi connectivity index (χ2v) is 12.5. The molecule has 1 saturated carbocycles. The Morgan fingerprint density at radius 3 is 2.22 bits per heavy atom. The van der Waals surface area contributed by atoms with E-state index in [1.54, 1.807) is 0 Å². The van der Waals surface area contributed by atoms with Crippen LogP contribution in [0.4, 0.5) is 4.79 Å². The zero-order chi connectivity index (χ0) is 26.0. The van der Waals surface area contributed by atoms with Gasteiger partial charge in [-0.05, 0) is 52.0 Å². The molecule has 3 heterocycles. The van der Waals surface area contributed by atoms with Crippen LogP contribution in [0.25, 0.3) is 0 Å². The number of likely N-dealkylation sites (tertiary alicyclic amines) is 1. The second-order valence-electron chi connectivity index (χ2n) is 12.5. The molecule has 1 amide bonds. The van der Waals surface area contributed by atoms with Gasteiger partial charge in [-0.15, -0.1) is 0 Å². The van der Waals surface area contributed by atoms with E-state index in [0.717, 1.165) is 75.0 Å². The van der Waals surface area contributed by atoms with E-state index in [1.807, 2.05) is 56.0 Å². The van der Waals surface area contributed by atoms with Crippen LogP contribution in [0.1, 0.15) is 52.0 Å². The Bertz CT molecular complexity index is 919. The van der Waals surface area contributed by atoms with Crippen molar-refractivity contribution in [3.05, 3.63) is 35.9 Å². The number of carbonyl (C=O) groups excluding carboxylic acids is 2. The van der Waals surface area contributed by atoms with E-state index in [9.17, 15) is 9.59 Å². The molecule has 0 unspecified atom stereocenters. The highest BCUT2D eigenvalue weighted by Crippen LogP contribution is 2.35. The van der Waals surface area contributed by atoms with Crippen LogP contribution in [0.15, 0.2) is 30.3 Å². The summed E-state index contributed by atoms with van der Waals surface area (Å²) in [6.45, 7) is 13.9. The number of carbonyl (C=O) groups is 2. The van der Waals surface area contributed by atoms with Crippen molar-refractivity contribution in [1.82, 2.24) is 9.80 Å². The lowest BCUT2D eigenvalue weighted by molar-refractivity contribution is -0.974. The topological polar surface area (TPSA) is 68.3 Å². The Kier molecular flexibility index (Phi) is 7.80. The van der Waals surface area contributed by atoms with Gasteiger partial charge in [0.2, 0.25) is 0 Å². The Hall–Kier alpha value is -2.16. The fraction of sp³-hybridized carbons (Fsp3) is 0.724. The molecule has 0 bridgehead atoms. The fourth-order valence-electron chi connectivity index (χ4n) is 6.23. The van der Waals surface area contributed by atoms with Crippen molar-refractivity contribution in [3.8, 4) is 0 Å². The zero-order valence-corrected chi connectivity index (χ0v) is 22.8. The van der Waals surface area contributed by atoms with Crippen LogP contribution in [-0.4, -0.2) is 103 Å². The number of ether oxygens (including phenoxy) is 3. The second kappa shape index (κ2) is 10.9. The molecule has 0 N–H and O–H groups in total. The van der Waals surface area contributed by atoms with Gasteiger partial charge in [-0.1, -0.05) is 30.3 Å². The van der Waals surface area contributed by atoms with Crippen LogP contribution in [-0.2, 0) is 25.6 Å². The molecule has 1 aromatic carbocycles. The van der Waals surface area contributed by atoms with E-state index in [4.69, 9.17) is 14.2 Å².